The minimum atomic E-state index is 0. The lowest BCUT2D eigenvalue weighted by Crippen LogP contribution is -2.51. The molecule has 0 aromatic rings. The largest absolute Gasteiger partial charge is 0.354 e. The van der Waals surface area contributed by atoms with Gasteiger partial charge in [-0.3, -0.25) is 9.69 Å². The Morgan fingerprint density at radius 1 is 1.00 bits per heavy atom. The highest BCUT2D eigenvalue weighted by Crippen LogP contribution is 2.19. The van der Waals surface area contributed by atoms with Crippen LogP contribution >= 0.6 is 0 Å². The third kappa shape index (κ3) is 8.33. The zero-order chi connectivity index (χ0) is 18.8. The van der Waals surface area contributed by atoms with Crippen molar-refractivity contribution in [3.63, 3.8) is 0 Å². The van der Waals surface area contributed by atoms with E-state index in [0.29, 0.717) is 19.1 Å². The van der Waals surface area contributed by atoms with Crippen molar-refractivity contribution in [1.29, 1.82) is 0 Å². The molecule has 0 aliphatic carbocycles. The van der Waals surface area contributed by atoms with Crippen LogP contribution in [0.4, 0.5) is 0 Å². The molecule has 2 aliphatic heterocycles. The van der Waals surface area contributed by atoms with Gasteiger partial charge in [0.05, 0.1) is 6.54 Å². The molecule has 6 heteroatoms. The first-order chi connectivity index (χ1) is 12.6. The van der Waals surface area contributed by atoms with Gasteiger partial charge in [0.2, 0.25) is 5.91 Å². The molecule has 156 valence electrons. The van der Waals surface area contributed by atoms with Crippen LogP contribution in [0, 0.1) is 5.92 Å². The van der Waals surface area contributed by atoms with Crippen LogP contribution in [0.3, 0.4) is 0 Å². The lowest BCUT2D eigenvalue weighted by Gasteiger charge is -2.38. The van der Waals surface area contributed by atoms with Crippen molar-refractivity contribution in [3.8, 4) is 0 Å². The highest BCUT2D eigenvalue weighted by atomic mass is 16.2. The fourth-order valence-corrected chi connectivity index (χ4v) is 4.03. The smallest absolute Gasteiger partial charge is 0.234 e. The summed E-state index contributed by atoms with van der Waals surface area (Å²) < 4.78 is 0. The number of piperazine rings is 1. The molecule has 2 rings (SSSR count). The summed E-state index contributed by atoms with van der Waals surface area (Å²) in [6.45, 7) is 18.0. The van der Waals surface area contributed by atoms with E-state index in [1.165, 1.54) is 45.4 Å². The van der Waals surface area contributed by atoms with Crippen molar-refractivity contribution in [2.24, 2.45) is 5.92 Å². The Hall–Kier alpha value is -0.690. The maximum absolute atomic E-state index is 12.0. The molecule has 2 saturated heterocycles. The summed E-state index contributed by atoms with van der Waals surface area (Å²) >= 11 is 0. The Labute approximate surface area is 163 Å². The quantitative estimate of drug-likeness (QED) is 0.568. The number of hydrogen-bond donors (Lipinski definition) is 2. The number of amides is 1. The topological polar surface area (TPSA) is 50.9 Å². The van der Waals surface area contributed by atoms with Crippen LogP contribution in [0.2, 0.25) is 0 Å². The minimum Gasteiger partial charge on any atom is -0.354 e. The number of likely N-dealkylation sites (tertiary alicyclic amines) is 1. The number of piperidine rings is 1. The first kappa shape index (κ1) is 21.6. The molecule has 0 radical (unpaired) electrons. The van der Waals surface area contributed by atoms with E-state index >= 15 is 0 Å². The van der Waals surface area contributed by atoms with Gasteiger partial charge in [-0.1, -0.05) is 20.8 Å². The Bertz CT molecular complexity index is 398. The van der Waals surface area contributed by atoms with Crippen LogP contribution in [0.15, 0.2) is 0 Å². The summed E-state index contributed by atoms with van der Waals surface area (Å²) in [5.41, 5.74) is 0. The molecule has 6 nitrogen and oxygen atoms in total. The molecule has 2 N–H and O–H groups in total. The number of carbonyl (C=O) groups is 1. The molecule has 26 heavy (non-hydrogen) atoms. The van der Waals surface area contributed by atoms with E-state index in [9.17, 15) is 4.79 Å². The first-order valence-corrected chi connectivity index (χ1v) is 10.7. The van der Waals surface area contributed by atoms with Gasteiger partial charge >= 0.3 is 0 Å². The monoisotopic (exact) mass is 371 g/mol. The van der Waals surface area contributed by atoms with Crippen molar-refractivity contribution >= 4 is 5.91 Å². The lowest BCUT2D eigenvalue weighted by atomic mass is 9.96. The SMILES string of the molecule is CCCN1CCC(CN2CCN(CC(=O)NCCNC(C)C)CC2)CC1.[HH].[HH]. The van der Waals surface area contributed by atoms with Gasteiger partial charge in [-0.05, 0) is 44.8 Å². The van der Waals surface area contributed by atoms with Crippen molar-refractivity contribution in [3.05, 3.63) is 0 Å². The van der Waals surface area contributed by atoms with Gasteiger partial charge in [0, 0.05) is 54.7 Å². The van der Waals surface area contributed by atoms with E-state index in [4.69, 9.17) is 0 Å². The molecule has 0 aromatic heterocycles. The molecule has 0 unspecified atom stereocenters. The van der Waals surface area contributed by atoms with Crippen molar-refractivity contribution in [1.82, 2.24) is 25.3 Å². The van der Waals surface area contributed by atoms with Crippen LogP contribution < -0.4 is 10.6 Å². The Morgan fingerprint density at radius 2 is 1.65 bits per heavy atom. The number of rotatable bonds is 10. The van der Waals surface area contributed by atoms with E-state index in [2.05, 4.69) is 46.1 Å². The fourth-order valence-electron chi connectivity index (χ4n) is 4.03. The second-order valence-corrected chi connectivity index (χ2v) is 8.32. The lowest BCUT2D eigenvalue weighted by molar-refractivity contribution is -0.122. The molecule has 0 aromatic carbocycles. The van der Waals surface area contributed by atoms with E-state index < -0.39 is 0 Å². The molecular weight excluding hydrogens is 326 g/mol. The molecule has 0 atom stereocenters. The van der Waals surface area contributed by atoms with Crippen molar-refractivity contribution in [2.75, 3.05) is 72.0 Å². The highest BCUT2D eigenvalue weighted by Gasteiger charge is 2.24. The first-order valence-electron chi connectivity index (χ1n) is 10.7. The standard InChI is InChI=1S/C20H41N5O.2H2/c1-4-9-23-10-5-19(6-11-23)16-24-12-14-25(15-13-24)17-20(26)22-8-7-21-18(2)3;;/h18-19,21H,4-17H2,1-3H3,(H,22,26);2*1H. The predicted molar refractivity (Wildman–Crippen MR) is 113 cm³/mol. The molecular formula is C20H45N5O. The van der Waals surface area contributed by atoms with Gasteiger partial charge in [0.15, 0.2) is 0 Å². The average Bonchev–Trinajstić information content (AvgIpc) is 2.62. The summed E-state index contributed by atoms with van der Waals surface area (Å²) in [5, 5.41) is 6.34. The van der Waals surface area contributed by atoms with Gasteiger partial charge in [-0.15, -0.1) is 0 Å². The van der Waals surface area contributed by atoms with Crippen LogP contribution in [-0.4, -0.2) is 98.6 Å². The average molecular weight is 372 g/mol. The highest BCUT2D eigenvalue weighted by molar-refractivity contribution is 5.78. The number of hydrogen-bond acceptors (Lipinski definition) is 5. The van der Waals surface area contributed by atoms with Crippen LogP contribution in [0.25, 0.3) is 0 Å². The molecule has 0 spiro atoms. The maximum Gasteiger partial charge on any atom is 0.234 e. The Balaban J connectivity index is 0.00000364. The molecule has 2 heterocycles. The predicted octanol–water partition coefficient (Wildman–Crippen LogP) is 1.33. The van der Waals surface area contributed by atoms with Gasteiger partial charge in [-0.25, -0.2) is 0 Å². The van der Waals surface area contributed by atoms with Crippen molar-refractivity contribution in [2.45, 2.75) is 46.1 Å². The summed E-state index contributed by atoms with van der Waals surface area (Å²) in [5.74, 6) is 1.03. The summed E-state index contributed by atoms with van der Waals surface area (Å²) in [4.78, 5) is 19.6. The number of nitrogens with zero attached hydrogens (tertiary/aromatic N) is 3. The third-order valence-electron chi connectivity index (χ3n) is 5.60. The van der Waals surface area contributed by atoms with E-state index in [-0.39, 0.29) is 8.76 Å². The van der Waals surface area contributed by atoms with Crippen LogP contribution in [0.1, 0.15) is 42.9 Å². The third-order valence-corrected chi connectivity index (χ3v) is 5.60. The molecule has 0 saturated carbocycles. The van der Waals surface area contributed by atoms with E-state index in [0.717, 1.165) is 38.6 Å². The van der Waals surface area contributed by atoms with Gasteiger partial charge in [0.1, 0.15) is 0 Å². The molecule has 2 fully saturated rings. The van der Waals surface area contributed by atoms with Crippen molar-refractivity contribution < 1.29 is 7.65 Å². The van der Waals surface area contributed by atoms with Gasteiger partial charge in [-0.2, -0.15) is 0 Å². The van der Waals surface area contributed by atoms with Crippen LogP contribution in [0.5, 0.6) is 0 Å². The second-order valence-electron chi connectivity index (χ2n) is 8.32. The summed E-state index contributed by atoms with van der Waals surface area (Å²) in [6, 6.07) is 0.471. The zero-order valence-corrected chi connectivity index (χ0v) is 17.3. The van der Waals surface area contributed by atoms with Gasteiger partial charge < -0.3 is 20.4 Å². The Kier molecular flexibility index (Phi) is 9.89. The molecule has 1 amide bonds. The minimum absolute atomic E-state index is 0. The number of carbonyl (C=O) groups excluding carboxylic acids is 1. The maximum atomic E-state index is 12.0. The Morgan fingerprint density at radius 3 is 2.27 bits per heavy atom. The summed E-state index contributed by atoms with van der Waals surface area (Å²) in [6.07, 6.45) is 3.98. The summed E-state index contributed by atoms with van der Waals surface area (Å²) in [7, 11) is 0. The van der Waals surface area contributed by atoms with Crippen LogP contribution in [-0.2, 0) is 4.79 Å². The number of nitrogens with one attached hydrogen (secondary N) is 2. The van der Waals surface area contributed by atoms with Gasteiger partial charge in [0.25, 0.3) is 0 Å². The zero-order valence-electron chi connectivity index (χ0n) is 17.3. The fraction of sp³-hybridized carbons (Fsp3) is 0.950. The molecule has 2 aliphatic rings. The normalized spacial score (nSPS) is 21.4. The van der Waals surface area contributed by atoms with E-state index in [1.807, 2.05) is 0 Å². The van der Waals surface area contributed by atoms with E-state index in [1.54, 1.807) is 0 Å². The molecule has 0 bridgehead atoms. The second kappa shape index (κ2) is 11.9.